The van der Waals surface area contributed by atoms with Gasteiger partial charge in [-0.15, -0.1) is 0 Å². The number of nitriles is 2. The third kappa shape index (κ3) is 4.78. The first-order valence-electron chi connectivity index (χ1n) is 4.49. The number of rotatable bonds is 0. The van der Waals surface area contributed by atoms with Crippen molar-refractivity contribution in [2.75, 3.05) is 0 Å². The van der Waals surface area contributed by atoms with Crippen LogP contribution in [-0.2, 0) is 10.1 Å². The van der Waals surface area contributed by atoms with Crippen LogP contribution in [0, 0.1) is 22.7 Å². The van der Waals surface area contributed by atoms with Gasteiger partial charge in [-0.1, -0.05) is 46.4 Å². The molecule has 0 radical (unpaired) electrons. The second-order valence-electron chi connectivity index (χ2n) is 3.15. The zero-order valence-electron chi connectivity index (χ0n) is 9.71. The molecule has 0 atom stereocenters. The smallest absolute Gasteiger partial charge is 0.279 e. The zero-order chi connectivity index (χ0) is 17.9. The Morgan fingerprint density at radius 3 is 1.32 bits per heavy atom. The van der Waals surface area contributed by atoms with Gasteiger partial charge in [0.05, 0.1) is 31.2 Å². The fraction of sp³-hybridized carbons (Fsp3) is 0.111. The SMILES string of the molecule is N#Cc1c(Cl)c(Cl)c(Cl)c(C#N)c1Cl.O=S(=O)(O)C(F)(F)F. The Hall–Kier alpha value is -0.940. The highest BCUT2D eigenvalue weighted by molar-refractivity contribution is 7.86. The van der Waals surface area contributed by atoms with Crippen LogP contribution in [0.3, 0.4) is 0 Å². The highest BCUT2D eigenvalue weighted by Crippen LogP contribution is 2.40. The maximum atomic E-state index is 10.7. The molecule has 0 unspecified atom stereocenters. The van der Waals surface area contributed by atoms with E-state index in [9.17, 15) is 13.2 Å². The van der Waals surface area contributed by atoms with Crippen LogP contribution in [0.4, 0.5) is 13.2 Å². The topological polar surface area (TPSA) is 102 Å². The van der Waals surface area contributed by atoms with Crippen LogP contribution < -0.4 is 0 Å². The van der Waals surface area contributed by atoms with Gasteiger partial charge in [0.25, 0.3) is 0 Å². The lowest BCUT2D eigenvalue weighted by molar-refractivity contribution is -0.0510. The normalized spacial score (nSPS) is 11.0. The average molecular weight is 416 g/mol. The first kappa shape index (κ1) is 21.1. The van der Waals surface area contributed by atoms with Crippen molar-refractivity contribution < 1.29 is 26.1 Å². The second-order valence-corrected chi connectivity index (χ2v) is 6.08. The minimum absolute atomic E-state index is 0.0363. The molecule has 5 nitrogen and oxygen atoms in total. The van der Waals surface area contributed by atoms with E-state index in [1.807, 2.05) is 0 Å². The van der Waals surface area contributed by atoms with Crippen molar-refractivity contribution in [2.24, 2.45) is 0 Å². The van der Waals surface area contributed by atoms with Gasteiger partial charge in [0.15, 0.2) is 0 Å². The summed E-state index contributed by atoms with van der Waals surface area (Å²) in [6, 6.07) is 3.50. The number of nitrogens with zero attached hydrogens (tertiary/aromatic N) is 2. The monoisotopic (exact) mass is 414 g/mol. The summed E-state index contributed by atoms with van der Waals surface area (Å²) in [5.41, 5.74) is -5.62. The van der Waals surface area contributed by atoms with Crippen molar-refractivity contribution in [3.63, 3.8) is 0 Å². The highest BCUT2D eigenvalue weighted by atomic mass is 35.5. The van der Waals surface area contributed by atoms with Gasteiger partial charge in [-0.2, -0.15) is 32.1 Å². The summed E-state index contributed by atoms with van der Waals surface area (Å²) >= 11 is 22.8. The van der Waals surface area contributed by atoms with Gasteiger partial charge in [-0.3, -0.25) is 4.55 Å². The molecule has 1 aromatic carbocycles. The maximum Gasteiger partial charge on any atom is 0.522 e. The summed E-state index contributed by atoms with van der Waals surface area (Å²) in [6.07, 6.45) is 0. The van der Waals surface area contributed by atoms with Gasteiger partial charge in [0.1, 0.15) is 12.1 Å². The molecule has 0 aliphatic carbocycles. The summed E-state index contributed by atoms with van der Waals surface area (Å²) in [4.78, 5) is 0. The van der Waals surface area contributed by atoms with Crippen LogP contribution in [0.2, 0.25) is 20.1 Å². The van der Waals surface area contributed by atoms with Crippen LogP contribution >= 0.6 is 46.4 Å². The Bertz CT molecular complexity index is 740. The van der Waals surface area contributed by atoms with Gasteiger partial charge < -0.3 is 0 Å². The fourth-order valence-electron chi connectivity index (χ4n) is 0.830. The Morgan fingerprint density at radius 2 is 1.14 bits per heavy atom. The molecule has 0 heterocycles. The molecule has 13 heteroatoms. The lowest BCUT2D eigenvalue weighted by Crippen LogP contribution is -2.21. The van der Waals surface area contributed by atoms with Crippen LogP contribution in [0.25, 0.3) is 0 Å². The van der Waals surface area contributed by atoms with Crippen molar-refractivity contribution in [1.82, 2.24) is 0 Å². The van der Waals surface area contributed by atoms with Gasteiger partial charge in [0.2, 0.25) is 0 Å². The van der Waals surface area contributed by atoms with Crippen molar-refractivity contribution in [1.29, 1.82) is 10.5 Å². The standard InChI is InChI=1S/C8Cl4N2.CHF3O3S/c9-5-3(1-13)6(10)8(12)7(11)4(5)2-14;2-1(3,4)8(5,6)7/h;(H,5,6,7). The summed E-state index contributed by atoms with van der Waals surface area (Å²) in [6.45, 7) is 0. The van der Waals surface area contributed by atoms with E-state index in [1.54, 1.807) is 12.1 Å². The summed E-state index contributed by atoms with van der Waals surface area (Å²) in [7, 11) is -5.84. The molecule has 22 heavy (non-hydrogen) atoms. The average Bonchev–Trinajstić information content (AvgIpc) is 2.36. The number of halogens is 7. The quantitative estimate of drug-likeness (QED) is 0.292. The molecule has 0 bridgehead atoms. The lowest BCUT2D eigenvalue weighted by Gasteiger charge is -2.05. The predicted octanol–water partition coefficient (Wildman–Crippen LogP) is 4.44. The summed E-state index contributed by atoms with van der Waals surface area (Å²) < 4.78 is 57.5. The maximum absolute atomic E-state index is 10.7. The predicted molar refractivity (Wildman–Crippen MR) is 73.5 cm³/mol. The fourth-order valence-corrected chi connectivity index (χ4v) is 1.90. The van der Waals surface area contributed by atoms with E-state index in [0.29, 0.717) is 0 Å². The van der Waals surface area contributed by atoms with Gasteiger partial charge in [0, 0.05) is 0 Å². The first-order valence-corrected chi connectivity index (χ1v) is 7.44. The Balaban J connectivity index is 0.000000472. The largest absolute Gasteiger partial charge is 0.522 e. The minimum atomic E-state index is -5.84. The second kappa shape index (κ2) is 7.55. The Labute approximate surface area is 142 Å². The molecule has 0 fully saturated rings. The molecule has 0 aliphatic rings. The molecule has 0 amide bonds. The van der Waals surface area contributed by atoms with E-state index in [1.165, 1.54) is 0 Å². The molecular weight excluding hydrogens is 415 g/mol. The van der Waals surface area contributed by atoms with Crippen molar-refractivity contribution in [3.05, 3.63) is 31.2 Å². The van der Waals surface area contributed by atoms with E-state index in [0.717, 1.165) is 0 Å². The number of benzene rings is 1. The van der Waals surface area contributed by atoms with Crippen molar-refractivity contribution in [3.8, 4) is 12.1 Å². The minimum Gasteiger partial charge on any atom is -0.279 e. The number of hydrogen-bond acceptors (Lipinski definition) is 4. The van der Waals surface area contributed by atoms with Crippen LogP contribution in [0.1, 0.15) is 11.1 Å². The molecule has 0 aromatic heterocycles. The molecule has 1 aromatic rings. The Morgan fingerprint density at radius 1 is 0.864 bits per heavy atom. The molecule has 0 spiro atoms. The summed E-state index contributed by atoms with van der Waals surface area (Å²) in [5.74, 6) is 0. The molecule has 0 saturated carbocycles. The van der Waals surface area contributed by atoms with E-state index in [-0.39, 0.29) is 31.2 Å². The molecule has 0 aliphatic heterocycles. The molecule has 0 saturated heterocycles. The van der Waals surface area contributed by atoms with Crippen LogP contribution in [0.15, 0.2) is 0 Å². The molecule has 1 rings (SSSR count). The Kier molecular flexibility index (Phi) is 7.23. The first-order chi connectivity index (χ1) is 9.79. The van der Waals surface area contributed by atoms with Crippen molar-refractivity contribution >= 4 is 56.5 Å². The zero-order valence-corrected chi connectivity index (χ0v) is 13.6. The third-order valence-corrected chi connectivity index (χ3v) is 4.07. The third-order valence-electron chi connectivity index (χ3n) is 1.78. The number of hydrogen-bond donors (Lipinski definition) is 1. The van der Waals surface area contributed by atoms with E-state index < -0.39 is 15.6 Å². The highest BCUT2D eigenvalue weighted by Gasteiger charge is 2.44. The van der Waals surface area contributed by atoms with E-state index in [4.69, 9.17) is 69.9 Å². The van der Waals surface area contributed by atoms with Crippen LogP contribution in [-0.4, -0.2) is 18.5 Å². The molecule has 1 N–H and O–H groups in total. The van der Waals surface area contributed by atoms with Crippen molar-refractivity contribution in [2.45, 2.75) is 5.51 Å². The van der Waals surface area contributed by atoms with Crippen LogP contribution in [0.5, 0.6) is 0 Å². The lowest BCUT2D eigenvalue weighted by atomic mass is 10.1. The van der Waals surface area contributed by atoms with Gasteiger partial charge >= 0.3 is 15.6 Å². The molecular formula is C9HCl4F3N2O3S. The number of alkyl halides is 3. The molecule has 120 valence electrons. The van der Waals surface area contributed by atoms with E-state index in [2.05, 4.69) is 0 Å². The summed E-state index contributed by atoms with van der Waals surface area (Å²) in [5, 5.41) is 17.2. The van der Waals surface area contributed by atoms with E-state index >= 15 is 0 Å². The van der Waals surface area contributed by atoms with Gasteiger partial charge in [-0.25, -0.2) is 0 Å². The van der Waals surface area contributed by atoms with Gasteiger partial charge in [-0.05, 0) is 0 Å².